The Kier molecular flexibility index (Phi) is 5.23. The molecule has 4 atom stereocenters. The molecule has 0 aliphatic heterocycles. The second kappa shape index (κ2) is 7.87. The first-order chi connectivity index (χ1) is 15.7. The highest BCUT2D eigenvalue weighted by Gasteiger charge is 2.59. The van der Waals surface area contributed by atoms with Crippen LogP contribution in [0.3, 0.4) is 0 Å². The lowest BCUT2D eigenvalue weighted by atomic mass is 9.46. The fourth-order valence-electron chi connectivity index (χ4n) is 7.05. The molecule has 4 saturated carbocycles. The van der Waals surface area contributed by atoms with Crippen LogP contribution in [0.4, 0.5) is 11.4 Å². The molecular weight excluding hydrogens is 446 g/mol. The van der Waals surface area contributed by atoms with Crippen molar-refractivity contribution in [1.29, 1.82) is 0 Å². The number of hydrogen-bond donors (Lipinski definition) is 1. The van der Waals surface area contributed by atoms with Gasteiger partial charge in [0.25, 0.3) is 5.56 Å². The van der Waals surface area contributed by atoms with Gasteiger partial charge >= 0.3 is 0 Å². The maximum atomic E-state index is 13.3. The summed E-state index contributed by atoms with van der Waals surface area (Å²) in [4.78, 5) is 35.5. The number of halogens is 1. The van der Waals surface area contributed by atoms with E-state index in [1.165, 1.54) is 10.9 Å². The molecule has 2 aromatic rings. The van der Waals surface area contributed by atoms with E-state index >= 15 is 0 Å². The topological polar surface area (TPSA) is 127 Å². The summed E-state index contributed by atoms with van der Waals surface area (Å²) in [6.45, 7) is 0. The molecule has 1 N–H and O–H groups in total. The first kappa shape index (κ1) is 21.9. The molecule has 1 aromatic carbocycles. The highest BCUT2D eigenvalue weighted by Crippen LogP contribution is 2.64. The number of nitrogens with zero attached hydrogens (tertiary/aromatic N) is 2. The Morgan fingerprint density at radius 3 is 2.36 bits per heavy atom. The van der Waals surface area contributed by atoms with E-state index in [0.29, 0.717) is 35.2 Å². The number of nitrogens with one attached hydrogen (secondary N) is 1. The molecule has 0 saturated heterocycles. The van der Waals surface area contributed by atoms with Gasteiger partial charge in [-0.3, -0.25) is 4.79 Å². The van der Waals surface area contributed by atoms with Crippen LogP contribution < -0.4 is 21.1 Å². The molecule has 2 unspecified atom stereocenters. The fourth-order valence-corrected chi connectivity index (χ4v) is 7.22. The number of carboxylic acids is 2. The van der Waals surface area contributed by atoms with Crippen LogP contribution in [-0.2, 0) is 21.5 Å². The van der Waals surface area contributed by atoms with E-state index in [1.54, 1.807) is 24.3 Å². The zero-order valence-electron chi connectivity index (χ0n) is 18.0. The minimum absolute atomic E-state index is 0.0218. The van der Waals surface area contributed by atoms with E-state index in [4.69, 9.17) is 11.6 Å². The normalized spacial score (nSPS) is 29.7. The highest BCUT2D eigenvalue weighted by atomic mass is 35.5. The van der Waals surface area contributed by atoms with Crippen molar-refractivity contribution >= 4 is 34.9 Å². The summed E-state index contributed by atoms with van der Waals surface area (Å²) in [5.74, 6) is -1.42. The van der Waals surface area contributed by atoms with Gasteiger partial charge < -0.3 is 25.1 Å². The first-order valence-corrected chi connectivity index (χ1v) is 11.6. The zero-order valence-corrected chi connectivity index (χ0v) is 18.8. The minimum Gasteiger partial charge on any atom is -0.550 e. The molecule has 0 amide bonds. The lowest BCUT2D eigenvalue weighted by Gasteiger charge is -2.62. The summed E-state index contributed by atoms with van der Waals surface area (Å²) in [7, 11) is 0. The number of aliphatic carboxylic acids is 2. The summed E-state index contributed by atoms with van der Waals surface area (Å²) in [5, 5.41) is 29.8. The zero-order chi connectivity index (χ0) is 23.4. The Balaban J connectivity index is 1.43. The Morgan fingerprint density at radius 2 is 1.76 bits per heavy atom. The van der Waals surface area contributed by atoms with Gasteiger partial charge in [0.2, 0.25) is 0 Å². The Labute approximate surface area is 195 Å². The summed E-state index contributed by atoms with van der Waals surface area (Å²) in [6, 6.07) is 6.71. The van der Waals surface area contributed by atoms with Crippen LogP contribution in [-0.4, -0.2) is 21.7 Å². The van der Waals surface area contributed by atoms with Gasteiger partial charge in [0.15, 0.2) is 0 Å². The highest BCUT2D eigenvalue weighted by molar-refractivity contribution is 6.33. The lowest BCUT2D eigenvalue weighted by Crippen LogP contribution is -2.60. The first-order valence-electron chi connectivity index (χ1n) is 11.2. The number of carbonyl (C=O) groups is 2. The van der Waals surface area contributed by atoms with Crippen LogP contribution in [0.1, 0.15) is 50.5 Å². The average Bonchev–Trinajstić information content (AvgIpc) is 2.70. The van der Waals surface area contributed by atoms with Gasteiger partial charge in [-0.2, -0.15) is 5.10 Å². The second-order valence-corrected chi connectivity index (χ2v) is 10.6. The van der Waals surface area contributed by atoms with E-state index in [9.17, 15) is 24.6 Å². The van der Waals surface area contributed by atoms with E-state index < -0.39 is 17.5 Å². The minimum atomic E-state index is -1.15. The van der Waals surface area contributed by atoms with Crippen LogP contribution in [0.25, 0.3) is 0 Å². The van der Waals surface area contributed by atoms with Gasteiger partial charge in [-0.1, -0.05) is 23.7 Å². The molecule has 4 aliphatic rings. The third-order valence-electron chi connectivity index (χ3n) is 7.62. The molecule has 174 valence electrons. The van der Waals surface area contributed by atoms with Crippen molar-refractivity contribution in [3.8, 4) is 0 Å². The van der Waals surface area contributed by atoms with Gasteiger partial charge in [-0.15, -0.1) is 0 Å². The average molecular weight is 470 g/mol. The lowest BCUT2D eigenvalue weighted by molar-refractivity contribution is -0.310. The molecule has 4 bridgehead atoms. The van der Waals surface area contributed by atoms with Crippen molar-refractivity contribution in [2.75, 3.05) is 5.32 Å². The summed E-state index contributed by atoms with van der Waals surface area (Å²) >= 11 is 6.48. The van der Waals surface area contributed by atoms with Crippen molar-refractivity contribution in [3.05, 3.63) is 51.4 Å². The molecule has 4 aliphatic carbocycles. The standard InChI is InChI=1S/C24H26ClN3O5/c25-21-18(27-17-3-1-14(2-4-17)6-19(29)30)12-26-28(22(21)33)24-9-15-5-16(10-24)8-23(7-15,13-24)11-20(31)32/h1-4,12,15-16,27H,5-11,13H2,(H,29,30)(H,31,32)/p-2/t15-,16+,23?,24?. The SMILES string of the molecule is O=C([O-])Cc1ccc(Nc2cnn(C34C[C@@H]5C[C@@H](CC(CC(=O)[O-])(C5)C3)C4)c(=O)c2Cl)cc1. The maximum Gasteiger partial charge on any atom is 0.288 e. The maximum absolute atomic E-state index is 13.3. The largest absolute Gasteiger partial charge is 0.550 e. The van der Waals surface area contributed by atoms with Crippen LogP contribution in [0.2, 0.25) is 5.02 Å². The van der Waals surface area contributed by atoms with Gasteiger partial charge in [0.05, 0.1) is 17.4 Å². The Morgan fingerprint density at radius 1 is 1.09 bits per heavy atom. The molecule has 1 aromatic heterocycles. The van der Waals surface area contributed by atoms with Crippen LogP contribution in [0.5, 0.6) is 0 Å². The third kappa shape index (κ3) is 4.01. The van der Waals surface area contributed by atoms with E-state index in [1.807, 2.05) is 0 Å². The summed E-state index contributed by atoms with van der Waals surface area (Å²) in [5.41, 5.74) is 0.375. The summed E-state index contributed by atoms with van der Waals surface area (Å²) in [6.07, 6.45) is 6.43. The molecular formula is C24H24ClN3O5-2. The predicted octanol–water partition coefficient (Wildman–Crippen LogP) is 1.37. The van der Waals surface area contributed by atoms with Crippen molar-refractivity contribution in [2.24, 2.45) is 17.3 Å². The number of carboxylic acid groups (broad SMARTS) is 2. The predicted molar refractivity (Wildman–Crippen MR) is 117 cm³/mol. The van der Waals surface area contributed by atoms with Crippen LogP contribution in [0, 0.1) is 17.3 Å². The molecule has 8 nitrogen and oxygen atoms in total. The third-order valence-corrected chi connectivity index (χ3v) is 7.99. The molecule has 6 rings (SSSR count). The molecule has 0 spiro atoms. The number of carbonyl (C=O) groups excluding carboxylic acids is 2. The van der Waals surface area contributed by atoms with Gasteiger partial charge in [0.1, 0.15) is 5.02 Å². The van der Waals surface area contributed by atoms with Gasteiger partial charge in [-0.05, 0) is 79.9 Å². The second-order valence-electron chi connectivity index (χ2n) is 10.2. The number of aromatic nitrogens is 2. The number of rotatable bonds is 7. The van der Waals surface area contributed by atoms with Crippen molar-refractivity contribution < 1.29 is 19.8 Å². The molecule has 4 fully saturated rings. The monoisotopic (exact) mass is 469 g/mol. The van der Waals surface area contributed by atoms with Crippen LogP contribution in [0.15, 0.2) is 35.3 Å². The number of benzene rings is 1. The van der Waals surface area contributed by atoms with E-state index in [0.717, 1.165) is 32.1 Å². The number of anilines is 2. The smallest absolute Gasteiger partial charge is 0.288 e. The Hall–Kier alpha value is -2.87. The van der Waals surface area contributed by atoms with Crippen LogP contribution >= 0.6 is 11.6 Å². The Bertz CT molecular complexity index is 1160. The molecule has 33 heavy (non-hydrogen) atoms. The van der Waals surface area contributed by atoms with E-state index in [-0.39, 0.29) is 28.8 Å². The van der Waals surface area contributed by atoms with Crippen molar-refractivity contribution in [1.82, 2.24) is 9.78 Å². The quantitative estimate of drug-likeness (QED) is 0.648. The molecule has 0 radical (unpaired) electrons. The van der Waals surface area contributed by atoms with Gasteiger partial charge in [0, 0.05) is 24.0 Å². The van der Waals surface area contributed by atoms with Crippen molar-refractivity contribution in [3.63, 3.8) is 0 Å². The van der Waals surface area contributed by atoms with Crippen molar-refractivity contribution in [2.45, 2.75) is 56.9 Å². The van der Waals surface area contributed by atoms with Gasteiger partial charge in [-0.25, -0.2) is 4.68 Å². The molecule has 1 heterocycles. The fraction of sp³-hybridized carbons (Fsp3) is 0.500. The molecule has 9 heteroatoms. The van der Waals surface area contributed by atoms with E-state index in [2.05, 4.69) is 10.4 Å². The summed E-state index contributed by atoms with van der Waals surface area (Å²) < 4.78 is 1.50. The number of hydrogen-bond acceptors (Lipinski definition) is 7.